The Morgan fingerprint density at radius 3 is 2.65 bits per heavy atom. The number of aromatic nitrogens is 1. The molecule has 1 N–H and O–H groups in total. The topological polar surface area (TPSA) is 42.4 Å². The smallest absolute Gasteiger partial charge is 0.124 e. The Labute approximate surface area is 120 Å². The first kappa shape index (κ1) is 14.5. The Morgan fingerprint density at radius 1 is 1.25 bits per heavy atom. The molecule has 0 fully saturated rings. The maximum atomic E-state index is 10.4. The highest BCUT2D eigenvalue weighted by Gasteiger charge is 2.14. The third-order valence-electron chi connectivity index (χ3n) is 3.44. The second kappa shape index (κ2) is 6.53. The Kier molecular flexibility index (Phi) is 4.74. The fraction of sp³-hybridized carbons (Fsp3) is 0.353. The number of rotatable bonds is 5. The van der Waals surface area contributed by atoms with Crippen LogP contribution in [0.25, 0.3) is 0 Å². The summed E-state index contributed by atoms with van der Waals surface area (Å²) in [5, 5.41) is 10.4. The summed E-state index contributed by atoms with van der Waals surface area (Å²) < 4.78 is 5.32. The molecule has 1 heterocycles. The van der Waals surface area contributed by atoms with E-state index in [9.17, 15) is 5.11 Å². The summed E-state index contributed by atoms with van der Waals surface area (Å²) >= 11 is 0. The Balaban J connectivity index is 2.18. The molecule has 1 atom stereocenters. The molecule has 0 aliphatic heterocycles. The molecule has 0 saturated heterocycles. The van der Waals surface area contributed by atoms with Crippen molar-refractivity contribution in [2.75, 3.05) is 7.11 Å². The lowest BCUT2D eigenvalue weighted by atomic mass is 10.0. The standard InChI is InChI=1S/C17H21NO2/c1-4-13-6-7-14(18-11-13)10-16(19)15-9-12(2)5-8-17(15)20-3/h5-9,11,16,19H,4,10H2,1-3H3. The van der Waals surface area contributed by atoms with Gasteiger partial charge in [-0.1, -0.05) is 24.6 Å². The molecule has 1 unspecified atom stereocenters. The molecule has 2 rings (SSSR count). The maximum absolute atomic E-state index is 10.4. The predicted octanol–water partition coefficient (Wildman–Crippen LogP) is 3.24. The van der Waals surface area contributed by atoms with Crippen LogP contribution in [0.2, 0.25) is 0 Å². The van der Waals surface area contributed by atoms with Gasteiger partial charge in [0.1, 0.15) is 5.75 Å². The van der Waals surface area contributed by atoms with Crippen molar-refractivity contribution in [2.45, 2.75) is 32.8 Å². The van der Waals surface area contributed by atoms with Gasteiger partial charge in [-0.3, -0.25) is 4.98 Å². The lowest BCUT2D eigenvalue weighted by Crippen LogP contribution is -2.06. The number of hydrogen-bond acceptors (Lipinski definition) is 3. The van der Waals surface area contributed by atoms with E-state index >= 15 is 0 Å². The van der Waals surface area contributed by atoms with Gasteiger partial charge in [0, 0.05) is 23.9 Å². The van der Waals surface area contributed by atoms with Gasteiger partial charge in [0.15, 0.2) is 0 Å². The molecule has 3 heteroatoms. The van der Waals surface area contributed by atoms with Crippen LogP contribution in [-0.2, 0) is 12.8 Å². The largest absolute Gasteiger partial charge is 0.496 e. The number of aryl methyl sites for hydroxylation is 2. The average molecular weight is 271 g/mol. The molecular formula is C17H21NO2. The van der Waals surface area contributed by atoms with E-state index in [0.717, 1.165) is 23.2 Å². The van der Waals surface area contributed by atoms with Crippen LogP contribution in [-0.4, -0.2) is 17.2 Å². The Hall–Kier alpha value is -1.87. The molecule has 1 aromatic heterocycles. The summed E-state index contributed by atoms with van der Waals surface area (Å²) in [4.78, 5) is 4.39. The Bertz CT molecular complexity index is 564. The third-order valence-corrected chi connectivity index (χ3v) is 3.44. The van der Waals surface area contributed by atoms with Gasteiger partial charge in [-0.15, -0.1) is 0 Å². The van der Waals surface area contributed by atoms with E-state index in [1.54, 1.807) is 7.11 Å². The molecule has 0 amide bonds. The highest BCUT2D eigenvalue weighted by atomic mass is 16.5. The first-order valence-electron chi connectivity index (χ1n) is 6.90. The summed E-state index contributed by atoms with van der Waals surface area (Å²) in [5.74, 6) is 0.716. The van der Waals surface area contributed by atoms with Crippen LogP contribution >= 0.6 is 0 Å². The van der Waals surface area contributed by atoms with Crippen molar-refractivity contribution in [3.63, 3.8) is 0 Å². The number of benzene rings is 1. The molecule has 20 heavy (non-hydrogen) atoms. The normalized spacial score (nSPS) is 12.2. The monoisotopic (exact) mass is 271 g/mol. The molecule has 0 saturated carbocycles. The van der Waals surface area contributed by atoms with Crippen molar-refractivity contribution in [1.82, 2.24) is 4.98 Å². The van der Waals surface area contributed by atoms with Crippen LogP contribution in [0.3, 0.4) is 0 Å². The van der Waals surface area contributed by atoms with E-state index < -0.39 is 6.10 Å². The van der Waals surface area contributed by atoms with Crippen molar-refractivity contribution < 1.29 is 9.84 Å². The lowest BCUT2D eigenvalue weighted by Gasteiger charge is -2.15. The molecule has 3 nitrogen and oxygen atoms in total. The van der Waals surface area contributed by atoms with Gasteiger partial charge in [0.05, 0.1) is 13.2 Å². The van der Waals surface area contributed by atoms with E-state index in [0.29, 0.717) is 12.2 Å². The summed E-state index contributed by atoms with van der Waals surface area (Å²) in [6.45, 7) is 4.10. The van der Waals surface area contributed by atoms with Gasteiger partial charge in [-0.05, 0) is 37.1 Å². The summed E-state index contributed by atoms with van der Waals surface area (Å²) in [7, 11) is 1.62. The maximum Gasteiger partial charge on any atom is 0.124 e. The molecule has 1 aromatic carbocycles. The van der Waals surface area contributed by atoms with Gasteiger partial charge in [0.2, 0.25) is 0 Å². The molecule has 0 spiro atoms. The first-order chi connectivity index (χ1) is 9.63. The van der Waals surface area contributed by atoms with Crippen LogP contribution in [0.1, 0.15) is 35.4 Å². The van der Waals surface area contributed by atoms with Crippen molar-refractivity contribution >= 4 is 0 Å². The molecular weight excluding hydrogens is 250 g/mol. The zero-order chi connectivity index (χ0) is 14.5. The molecule has 0 aliphatic carbocycles. The van der Waals surface area contributed by atoms with Crippen LogP contribution in [0, 0.1) is 6.92 Å². The summed E-state index contributed by atoms with van der Waals surface area (Å²) in [5.41, 5.74) is 4.01. The number of methoxy groups -OCH3 is 1. The van der Waals surface area contributed by atoms with Gasteiger partial charge in [0.25, 0.3) is 0 Å². The zero-order valence-corrected chi connectivity index (χ0v) is 12.3. The van der Waals surface area contributed by atoms with E-state index in [2.05, 4.69) is 18.0 Å². The SMILES string of the molecule is CCc1ccc(CC(O)c2cc(C)ccc2OC)nc1. The predicted molar refractivity (Wildman–Crippen MR) is 80.0 cm³/mol. The fourth-order valence-electron chi connectivity index (χ4n) is 2.21. The minimum atomic E-state index is -0.607. The van der Waals surface area contributed by atoms with Crippen LogP contribution < -0.4 is 4.74 Å². The van der Waals surface area contributed by atoms with Crippen molar-refractivity contribution in [2.24, 2.45) is 0 Å². The third kappa shape index (κ3) is 3.36. The van der Waals surface area contributed by atoms with Gasteiger partial charge < -0.3 is 9.84 Å². The van der Waals surface area contributed by atoms with Gasteiger partial charge in [-0.2, -0.15) is 0 Å². The van der Waals surface area contributed by atoms with Crippen LogP contribution in [0.4, 0.5) is 0 Å². The number of aliphatic hydroxyl groups is 1. The minimum Gasteiger partial charge on any atom is -0.496 e. The number of ether oxygens (including phenoxy) is 1. The van der Waals surface area contributed by atoms with E-state index in [1.807, 2.05) is 37.4 Å². The highest BCUT2D eigenvalue weighted by Crippen LogP contribution is 2.28. The van der Waals surface area contributed by atoms with Gasteiger partial charge >= 0.3 is 0 Å². The number of aliphatic hydroxyl groups excluding tert-OH is 1. The number of pyridine rings is 1. The average Bonchev–Trinajstić information content (AvgIpc) is 2.48. The second-order valence-corrected chi connectivity index (χ2v) is 4.98. The quantitative estimate of drug-likeness (QED) is 0.907. The van der Waals surface area contributed by atoms with E-state index in [-0.39, 0.29) is 0 Å². The first-order valence-corrected chi connectivity index (χ1v) is 6.90. The van der Waals surface area contributed by atoms with Crippen molar-refractivity contribution in [3.8, 4) is 5.75 Å². The van der Waals surface area contributed by atoms with Crippen LogP contribution in [0.5, 0.6) is 5.75 Å². The Morgan fingerprint density at radius 2 is 2.05 bits per heavy atom. The summed E-state index contributed by atoms with van der Waals surface area (Å²) in [6, 6.07) is 9.86. The summed E-state index contributed by atoms with van der Waals surface area (Å²) in [6.07, 6.45) is 2.73. The highest BCUT2D eigenvalue weighted by molar-refractivity contribution is 5.39. The van der Waals surface area contributed by atoms with Crippen molar-refractivity contribution in [3.05, 3.63) is 58.9 Å². The number of nitrogens with zero attached hydrogens (tertiary/aromatic N) is 1. The lowest BCUT2D eigenvalue weighted by molar-refractivity contribution is 0.172. The van der Waals surface area contributed by atoms with Crippen LogP contribution in [0.15, 0.2) is 36.5 Å². The van der Waals surface area contributed by atoms with E-state index in [1.165, 1.54) is 5.56 Å². The molecule has 106 valence electrons. The van der Waals surface area contributed by atoms with Crippen molar-refractivity contribution in [1.29, 1.82) is 0 Å². The van der Waals surface area contributed by atoms with E-state index in [4.69, 9.17) is 4.74 Å². The molecule has 0 radical (unpaired) electrons. The molecule has 2 aromatic rings. The number of hydrogen-bond donors (Lipinski definition) is 1. The minimum absolute atomic E-state index is 0.490. The molecule has 0 aliphatic rings. The van der Waals surface area contributed by atoms with Gasteiger partial charge in [-0.25, -0.2) is 0 Å². The second-order valence-electron chi connectivity index (χ2n) is 4.98. The fourth-order valence-corrected chi connectivity index (χ4v) is 2.21. The zero-order valence-electron chi connectivity index (χ0n) is 12.3. The molecule has 0 bridgehead atoms.